The molecule has 1 aromatic rings. The lowest BCUT2D eigenvalue weighted by Gasteiger charge is -2.34. The Morgan fingerprint density at radius 2 is 2.32 bits per heavy atom. The van der Waals surface area contributed by atoms with E-state index in [4.69, 9.17) is 4.74 Å². The van der Waals surface area contributed by atoms with Gasteiger partial charge in [0.05, 0.1) is 25.9 Å². The molecule has 0 aromatic carbocycles. The second kappa shape index (κ2) is 5.54. The van der Waals surface area contributed by atoms with E-state index < -0.39 is 0 Å². The van der Waals surface area contributed by atoms with Crippen LogP contribution in [0.15, 0.2) is 10.9 Å². The highest BCUT2D eigenvalue weighted by molar-refractivity contribution is 5.95. The lowest BCUT2D eigenvalue weighted by molar-refractivity contribution is -0.0185. The zero-order valence-electron chi connectivity index (χ0n) is 11.1. The van der Waals surface area contributed by atoms with Gasteiger partial charge >= 0.3 is 0 Å². The normalized spacial score (nSPS) is 19.5. The number of nitrogens with one attached hydrogen (secondary N) is 1. The Kier molecular flexibility index (Phi) is 4.01. The van der Waals surface area contributed by atoms with Gasteiger partial charge in [0.2, 0.25) is 0 Å². The monoisotopic (exact) mass is 266 g/mol. The summed E-state index contributed by atoms with van der Waals surface area (Å²) in [5, 5.41) is 9.28. The highest BCUT2D eigenvalue weighted by Crippen LogP contribution is 2.13. The third-order valence-electron chi connectivity index (χ3n) is 3.28. The molecule has 104 valence electrons. The maximum Gasteiger partial charge on any atom is 0.261 e. The number of amides is 1. The number of ether oxygens (including phenoxy) is 1. The Morgan fingerprint density at radius 3 is 2.95 bits per heavy atom. The number of aliphatic hydroxyl groups is 1. The predicted octanol–water partition coefficient (Wildman–Crippen LogP) is -0.175. The van der Waals surface area contributed by atoms with Crippen LogP contribution in [-0.2, 0) is 4.74 Å². The highest BCUT2D eigenvalue weighted by Gasteiger charge is 2.29. The van der Waals surface area contributed by atoms with Crippen LogP contribution in [-0.4, -0.2) is 53.3 Å². The summed E-state index contributed by atoms with van der Waals surface area (Å²) >= 11 is 0. The number of nitrogens with zero attached hydrogens (tertiary/aromatic N) is 1. The van der Waals surface area contributed by atoms with Crippen LogP contribution in [0.5, 0.6) is 0 Å². The van der Waals surface area contributed by atoms with Gasteiger partial charge in [-0.05, 0) is 25.5 Å². The van der Waals surface area contributed by atoms with Crippen LogP contribution in [0, 0.1) is 13.8 Å². The highest BCUT2D eigenvalue weighted by atomic mass is 16.5. The van der Waals surface area contributed by atoms with Gasteiger partial charge in [-0.3, -0.25) is 9.59 Å². The van der Waals surface area contributed by atoms with Gasteiger partial charge in [-0.25, -0.2) is 0 Å². The van der Waals surface area contributed by atoms with Crippen molar-refractivity contribution in [2.45, 2.75) is 19.9 Å². The van der Waals surface area contributed by atoms with Crippen LogP contribution >= 0.6 is 0 Å². The van der Waals surface area contributed by atoms with Gasteiger partial charge in [0.25, 0.3) is 11.5 Å². The average Bonchev–Trinajstić information content (AvgIpc) is 2.37. The number of morpholine rings is 1. The number of aromatic nitrogens is 1. The number of hydrogen-bond donors (Lipinski definition) is 2. The molecule has 0 spiro atoms. The maximum atomic E-state index is 12.5. The number of carbonyl (C=O) groups excluding carboxylic acids is 1. The first-order valence-corrected chi connectivity index (χ1v) is 6.24. The van der Waals surface area contributed by atoms with Gasteiger partial charge in [0.15, 0.2) is 0 Å². The molecule has 0 bridgehead atoms. The van der Waals surface area contributed by atoms with Crippen molar-refractivity contribution in [3.63, 3.8) is 0 Å². The van der Waals surface area contributed by atoms with E-state index in [-0.39, 0.29) is 29.7 Å². The van der Waals surface area contributed by atoms with Crippen molar-refractivity contribution >= 4 is 5.91 Å². The Bertz CT molecular complexity index is 538. The van der Waals surface area contributed by atoms with E-state index in [0.29, 0.717) is 25.3 Å². The van der Waals surface area contributed by atoms with E-state index in [1.807, 2.05) is 0 Å². The molecule has 1 aliphatic heterocycles. The zero-order valence-corrected chi connectivity index (χ0v) is 11.1. The fourth-order valence-electron chi connectivity index (χ4n) is 2.34. The van der Waals surface area contributed by atoms with E-state index in [2.05, 4.69) is 4.98 Å². The number of hydrogen-bond acceptors (Lipinski definition) is 4. The fourth-order valence-corrected chi connectivity index (χ4v) is 2.34. The topological polar surface area (TPSA) is 82.6 Å². The molecule has 1 aliphatic rings. The van der Waals surface area contributed by atoms with Crippen molar-refractivity contribution in [1.29, 1.82) is 0 Å². The summed E-state index contributed by atoms with van der Waals surface area (Å²) in [6, 6.07) is 1.38. The molecule has 1 amide bonds. The summed E-state index contributed by atoms with van der Waals surface area (Å²) in [4.78, 5) is 28.6. The molecule has 0 aliphatic carbocycles. The largest absolute Gasteiger partial charge is 0.394 e. The summed E-state index contributed by atoms with van der Waals surface area (Å²) in [5.41, 5.74) is 1.13. The van der Waals surface area contributed by atoms with Crippen LogP contribution in [0.4, 0.5) is 0 Å². The van der Waals surface area contributed by atoms with E-state index in [1.165, 1.54) is 4.90 Å². The summed E-state index contributed by atoms with van der Waals surface area (Å²) < 4.78 is 5.23. The third kappa shape index (κ3) is 2.69. The molecule has 1 fully saturated rings. The Labute approximate surface area is 111 Å². The number of H-pyrrole nitrogens is 1. The van der Waals surface area contributed by atoms with Crippen LogP contribution in [0.2, 0.25) is 0 Å². The van der Waals surface area contributed by atoms with Crippen molar-refractivity contribution in [3.8, 4) is 0 Å². The first kappa shape index (κ1) is 13.8. The van der Waals surface area contributed by atoms with Crippen molar-refractivity contribution in [2.24, 2.45) is 0 Å². The van der Waals surface area contributed by atoms with E-state index >= 15 is 0 Å². The van der Waals surface area contributed by atoms with Crippen molar-refractivity contribution in [1.82, 2.24) is 9.88 Å². The maximum absolute atomic E-state index is 12.5. The molecule has 1 saturated heterocycles. The lowest BCUT2D eigenvalue weighted by Crippen LogP contribution is -2.51. The van der Waals surface area contributed by atoms with Crippen molar-refractivity contribution in [2.75, 3.05) is 26.4 Å². The minimum absolute atomic E-state index is 0.144. The number of aromatic amines is 1. The third-order valence-corrected chi connectivity index (χ3v) is 3.28. The molecular formula is C13H18N2O4. The molecule has 0 radical (unpaired) electrons. The summed E-state index contributed by atoms with van der Waals surface area (Å²) in [7, 11) is 0. The molecule has 1 atom stereocenters. The first-order chi connectivity index (χ1) is 9.04. The smallest absolute Gasteiger partial charge is 0.261 e. The summed E-state index contributed by atoms with van der Waals surface area (Å²) in [6.45, 7) is 4.44. The molecule has 6 nitrogen and oxygen atoms in total. The van der Waals surface area contributed by atoms with Gasteiger partial charge in [-0.2, -0.15) is 0 Å². The van der Waals surface area contributed by atoms with E-state index in [1.54, 1.807) is 19.9 Å². The number of aliphatic hydroxyl groups excluding tert-OH is 1. The molecule has 2 rings (SSSR count). The number of carbonyl (C=O) groups is 1. The molecule has 19 heavy (non-hydrogen) atoms. The molecule has 0 saturated carbocycles. The number of aryl methyl sites for hydroxylation is 2. The van der Waals surface area contributed by atoms with Crippen LogP contribution in [0.3, 0.4) is 0 Å². The second-order valence-electron chi connectivity index (χ2n) is 4.75. The summed E-state index contributed by atoms with van der Waals surface area (Å²) in [6.07, 6.45) is 0. The standard InChI is InChI=1S/C13H18N2O4/c1-8-5-9(2)14-12(17)11(8)13(18)15-3-4-19-7-10(15)6-16/h5,10,16H,3-4,6-7H2,1-2H3,(H,14,17). The van der Waals surface area contributed by atoms with E-state index in [0.717, 1.165) is 5.69 Å². The minimum Gasteiger partial charge on any atom is -0.394 e. The van der Waals surface area contributed by atoms with E-state index in [9.17, 15) is 14.7 Å². The fraction of sp³-hybridized carbons (Fsp3) is 0.538. The van der Waals surface area contributed by atoms with Crippen LogP contribution < -0.4 is 5.56 Å². The van der Waals surface area contributed by atoms with Gasteiger partial charge < -0.3 is 19.7 Å². The average molecular weight is 266 g/mol. The molecule has 2 heterocycles. The Hall–Kier alpha value is -1.66. The zero-order chi connectivity index (χ0) is 14.0. The molecule has 1 aromatic heterocycles. The molecular weight excluding hydrogens is 248 g/mol. The minimum atomic E-state index is -0.388. The van der Waals surface area contributed by atoms with Gasteiger partial charge in [-0.1, -0.05) is 0 Å². The van der Waals surface area contributed by atoms with Crippen LogP contribution in [0.25, 0.3) is 0 Å². The van der Waals surface area contributed by atoms with Crippen molar-refractivity contribution in [3.05, 3.63) is 33.2 Å². The number of pyridine rings is 1. The molecule has 2 N–H and O–H groups in total. The quantitative estimate of drug-likeness (QED) is 0.778. The Morgan fingerprint density at radius 1 is 1.58 bits per heavy atom. The lowest BCUT2D eigenvalue weighted by atomic mass is 10.1. The number of rotatable bonds is 2. The first-order valence-electron chi connectivity index (χ1n) is 6.24. The molecule has 1 unspecified atom stereocenters. The van der Waals surface area contributed by atoms with Crippen molar-refractivity contribution < 1.29 is 14.6 Å². The van der Waals surface area contributed by atoms with Gasteiger partial charge in [0, 0.05) is 12.2 Å². The summed E-state index contributed by atoms with van der Waals surface area (Å²) in [5.74, 6) is -0.346. The van der Waals surface area contributed by atoms with Crippen LogP contribution in [0.1, 0.15) is 21.6 Å². The predicted molar refractivity (Wildman–Crippen MR) is 69.3 cm³/mol. The van der Waals surface area contributed by atoms with Gasteiger partial charge in [0.1, 0.15) is 5.56 Å². The second-order valence-corrected chi connectivity index (χ2v) is 4.75. The van der Waals surface area contributed by atoms with Gasteiger partial charge in [-0.15, -0.1) is 0 Å². The SMILES string of the molecule is Cc1cc(C)c(C(=O)N2CCOCC2CO)c(=O)[nH]1. The Balaban J connectivity index is 2.36. The molecule has 6 heteroatoms.